The molecule has 1 amide bonds. The minimum atomic E-state index is -1.37. The molecule has 0 radical (unpaired) electrons. The van der Waals surface area contributed by atoms with Crippen LogP contribution < -0.4 is 5.32 Å². The zero-order valence-corrected chi connectivity index (χ0v) is 11.0. The predicted octanol–water partition coefficient (Wildman–Crippen LogP) is 1.31. The lowest BCUT2D eigenvalue weighted by Gasteiger charge is -2.20. The number of halogens is 1. The van der Waals surface area contributed by atoms with Crippen LogP contribution in [0.2, 0.25) is 0 Å². The van der Waals surface area contributed by atoms with Crippen LogP contribution in [0, 0.1) is 0 Å². The van der Waals surface area contributed by atoms with E-state index in [2.05, 4.69) is 5.32 Å². The van der Waals surface area contributed by atoms with Gasteiger partial charge in [0.1, 0.15) is 6.10 Å². The Hall–Kier alpha value is -1.59. The van der Waals surface area contributed by atoms with Gasteiger partial charge in [0.15, 0.2) is 6.04 Å². The van der Waals surface area contributed by atoms with E-state index >= 15 is 0 Å². The SMILES string of the molecule is O=C(CCCCl)NC(C(=O)O)C(O)c1ccccc1. The predicted molar refractivity (Wildman–Crippen MR) is 70.9 cm³/mol. The summed E-state index contributed by atoms with van der Waals surface area (Å²) in [7, 11) is 0. The van der Waals surface area contributed by atoms with Crippen molar-refractivity contribution in [2.75, 3.05) is 5.88 Å². The van der Waals surface area contributed by atoms with E-state index in [9.17, 15) is 14.7 Å². The third-order valence-electron chi connectivity index (χ3n) is 2.58. The van der Waals surface area contributed by atoms with Crippen LogP contribution in [0.15, 0.2) is 30.3 Å². The molecule has 2 unspecified atom stereocenters. The summed E-state index contributed by atoms with van der Waals surface area (Å²) in [6, 6.07) is 6.96. The highest BCUT2D eigenvalue weighted by molar-refractivity contribution is 6.17. The number of aliphatic hydroxyl groups excluding tert-OH is 1. The van der Waals surface area contributed by atoms with Gasteiger partial charge in [-0.05, 0) is 12.0 Å². The third kappa shape index (κ3) is 4.89. The monoisotopic (exact) mass is 285 g/mol. The molecule has 3 N–H and O–H groups in total. The standard InChI is InChI=1S/C13H16ClNO4/c14-8-4-7-10(16)15-11(13(18)19)12(17)9-5-2-1-3-6-9/h1-3,5-6,11-12,17H,4,7-8H2,(H,15,16)(H,18,19). The molecule has 104 valence electrons. The van der Waals surface area contributed by atoms with Crippen molar-refractivity contribution in [1.29, 1.82) is 0 Å². The number of rotatable bonds is 7. The topological polar surface area (TPSA) is 86.6 Å². The van der Waals surface area contributed by atoms with E-state index in [1.165, 1.54) is 0 Å². The van der Waals surface area contributed by atoms with Crippen molar-refractivity contribution in [3.63, 3.8) is 0 Å². The average Bonchev–Trinajstić information content (AvgIpc) is 2.42. The van der Waals surface area contributed by atoms with Gasteiger partial charge in [0, 0.05) is 12.3 Å². The van der Waals surface area contributed by atoms with Gasteiger partial charge >= 0.3 is 5.97 Å². The number of hydrogen-bond donors (Lipinski definition) is 3. The molecule has 0 aromatic heterocycles. The fourth-order valence-electron chi connectivity index (χ4n) is 1.59. The zero-order valence-electron chi connectivity index (χ0n) is 10.3. The Morgan fingerprint density at radius 1 is 1.26 bits per heavy atom. The number of aliphatic carboxylic acids is 1. The number of carbonyl (C=O) groups excluding carboxylic acids is 1. The van der Waals surface area contributed by atoms with Gasteiger partial charge in [-0.2, -0.15) is 0 Å². The normalized spacial score (nSPS) is 13.6. The average molecular weight is 286 g/mol. The maximum Gasteiger partial charge on any atom is 0.329 e. The number of carbonyl (C=O) groups is 2. The number of nitrogens with one attached hydrogen (secondary N) is 1. The number of hydrogen-bond acceptors (Lipinski definition) is 3. The molecule has 1 aromatic carbocycles. The highest BCUT2D eigenvalue weighted by atomic mass is 35.5. The molecule has 0 saturated carbocycles. The van der Waals surface area contributed by atoms with E-state index in [0.29, 0.717) is 17.9 Å². The van der Waals surface area contributed by atoms with E-state index in [1.807, 2.05) is 0 Å². The summed E-state index contributed by atoms with van der Waals surface area (Å²) >= 11 is 5.46. The molecule has 0 spiro atoms. The van der Waals surface area contributed by atoms with Crippen LogP contribution >= 0.6 is 11.6 Å². The molecule has 5 nitrogen and oxygen atoms in total. The smallest absolute Gasteiger partial charge is 0.329 e. The van der Waals surface area contributed by atoms with E-state index in [0.717, 1.165) is 0 Å². The molecule has 19 heavy (non-hydrogen) atoms. The highest BCUT2D eigenvalue weighted by Gasteiger charge is 2.29. The first-order valence-electron chi connectivity index (χ1n) is 5.87. The molecule has 0 heterocycles. The molecule has 0 aliphatic carbocycles. The van der Waals surface area contributed by atoms with Gasteiger partial charge in [-0.15, -0.1) is 11.6 Å². The Morgan fingerprint density at radius 2 is 1.89 bits per heavy atom. The zero-order chi connectivity index (χ0) is 14.3. The lowest BCUT2D eigenvalue weighted by Crippen LogP contribution is -2.45. The molecule has 1 aromatic rings. The number of aliphatic hydroxyl groups is 1. The van der Waals surface area contributed by atoms with Crippen molar-refractivity contribution in [1.82, 2.24) is 5.32 Å². The van der Waals surface area contributed by atoms with Crippen LogP contribution in [0.3, 0.4) is 0 Å². The van der Waals surface area contributed by atoms with Gasteiger partial charge in [-0.3, -0.25) is 4.79 Å². The molecule has 1 rings (SSSR count). The van der Waals surface area contributed by atoms with Gasteiger partial charge in [0.2, 0.25) is 5.91 Å². The van der Waals surface area contributed by atoms with Crippen molar-refractivity contribution < 1.29 is 19.8 Å². The molecule has 0 saturated heterocycles. The maximum atomic E-state index is 11.5. The summed E-state index contributed by atoms with van der Waals surface area (Å²) in [4.78, 5) is 22.6. The first-order valence-corrected chi connectivity index (χ1v) is 6.41. The first kappa shape index (κ1) is 15.5. The first-order chi connectivity index (χ1) is 9.06. The summed E-state index contributed by atoms with van der Waals surface area (Å²) in [5, 5.41) is 21.4. The summed E-state index contributed by atoms with van der Waals surface area (Å²) in [6.45, 7) is 0. The number of carboxylic acid groups (broad SMARTS) is 1. The van der Waals surface area contributed by atoms with Crippen molar-refractivity contribution >= 4 is 23.5 Å². The van der Waals surface area contributed by atoms with Gasteiger partial charge in [-0.25, -0.2) is 4.79 Å². The Balaban J connectivity index is 2.72. The highest BCUT2D eigenvalue weighted by Crippen LogP contribution is 2.16. The molecular formula is C13H16ClNO4. The molecule has 0 bridgehead atoms. The second kappa shape index (κ2) is 7.76. The molecule has 0 aliphatic rings. The number of benzene rings is 1. The van der Waals surface area contributed by atoms with Crippen molar-refractivity contribution in [3.8, 4) is 0 Å². The molecule has 0 fully saturated rings. The molecule has 6 heteroatoms. The van der Waals surface area contributed by atoms with Crippen molar-refractivity contribution in [2.45, 2.75) is 25.0 Å². The minimum Gasteiger partial charge on any atom is -0.480 e. The largest absolute Gasteiger partial charge is 0.480 e. The number of alkyl halides is 1. The van der Waals surface area contributed by atoms with E-state index in [1.54, 1.807) is 30.3 Å². The molecular weight excluding hydrogens is 270 g/mol. The molecule has 2 atom stereocenters. The fourth-order valence-corrected chi connectivity index (χ4v) is 1.73. The van der Waals surface area contributed by atoms with Gasteiger partial charge < -0.3 is 15.5 Å². The van der Waals surface area contributed by atoms with Crippen LogP contribution in [0.25, 0.3) is 0 Å². The van der Waals surface area contributed by atoms with Crippen LogP contribution in [0.1, 0.15) is 24.5 Å². The lowest BCUT2D eigenvalue weighted by molar-refractivity contribution is -0.145. The van der Waals surface area contributed by atoms with Crippen LogP contribution in [-0.4, -0.2) is 34.0 Å². The van der Waals surface area contributed by atoms with Crippen molar-refractivity contribution in [3.05, 3.63) is 35.9 Å². The van der Waals surface area contributed by atoms with Crippen molar-refractivity contribution in [2.24, 2.45) is 0 Å². The maximum absolute atomic E-state index is 11.5. The number of carboxylic acids is 1. The second-order valence-electron chi connectivity index (χ2n) is 4.03. The summed E-state index contributed by atoms with van der Waals surface area (Å²) in [6.07, 6.45) is -0.700. The second-order valence-corrected chi connectivity index (χ2v) is 4.41. The lowest BCUT2D eigenvalue weighted by atomic mass is 10.0. The summed E-state index contributed by atoms with van der Waals surface area (Å²) in [5.74, 6) is -1.40. The van der Waals surface area contributed by atoms with Crippen LogP contribution in [0.5, 0.6) is 0 Å². The van der Waals surface area contributed by atoms with Gasteiger partial charge in [0.25, 0.3) is 0 Å². The molecule has 0 aliphatic heterocycles. The van der Waals surface area contributed by atoms with Gasteiger partial charge in [0.05, 0.1) is 0 Å². The van der Waals surface area contributed by atoms with Gasteiger partial charge in [-0.1, -0.05) is 30.3 Å². The summed E-state index contributed by atoms with van der Waals surface area (Å²) < 4.78 is 0. The minimum absolute atomic E-state index is 0.134. The van der Waals surface area contributed by atoms with E-state index in [4.69, 9.17) is 16.7 Å². The third-order valence-corrected chi connectivity index (χ3v) is 2.84. The summed E-state index contributed by atoms with van der Waals surface area (Å²) in [5.41, 5.74) is 0.438. The van der Waals surface area contributed by atoms with Crippen LogP contribution in [-0.2, 0) is 9.59 Å². The van der Waals surface area contributed by atoms with Crippen LogP contribution in [0.4, 0.5) is 0 Å². The quantitative estimate of drug-likeness (QED) is 0.659. The van der Waals surface area contributed by atoms with E-state index in [-0.39, 0.29) is 6.42 Å². The Bertz CT molecular complexity index is 424. The fraction of sp³-hybridized carbons (Fsp3) is 0.385. The Morgan fingerprint density at radius 3 is 2.42 bits per heavy atom. The van der Waals surface area contributed by atoms with E-state index < -0.39 is 24.0 Å². The number of amides is 1. The Kier molecular flexibility index (Phi) is 6.32. The Labute approximate surface area is 116 Å².